The number of aromatic amines is 1. The maximum atomic E-state index is 10.8. The highest BCUT2D eigenvalue weighted by Crippen LogP contribution is 2.38. The van der Waals surface area contributed by atoms with Crippen molar-refractivity contribution in [1.29, 1.82) is 0 Å². The molecule has 1 aromatic carbocycles. The Morgan fingerprint density at radius 3 is 2.89 bits per heavy atom. The molecule has 0 spiro atoms. The van der Waals surface area contributed by atoms with Gasteiger partial charge in [-0.25, -0.2) is 0 Å². The number of aromatic nitrogens is 2. The molecule has 0 radical (unpaired) electrons. The number of H-pyrrole nitrogens is 1. The van der Waals surface area contributed by atoms with Gasteiger partial charge in [0, 0.05) is 11.1 Å². The van der Waals surface area contributed by atoms with Gasteiger partial charge in [-0.3, -0.25) is 9.89 Å². The van der Waals surface area contributed by atoms with E-state index in [1.54, 1.807) is 0 Å². The number of ether oxygens (including phenoxy) is 2. The topological polar surface area (TPSA) is 84.4 Å². The molecule has 6 nitrogen and oxygen atoms in total. The van der Waals surface area contributed by atoms with Gasteiger partial charge in [0.05, 0.1) is 18.3 Å². The molecule has 6 heteroatoms. The van der Waals surface area contributed by atoms with E-state index in [0.717, 1.165) is 11.1 Å². The van der Waals surface area contributed by atoms with E-state index in [-0.39, 0.29) is 13.2 Å². The molecule has 3 rings (SSSR count). The van der Waals surface area contributed by atoms with Crippen LogP contribution in [-0.4, -0.2) is 28.1 Å². The molecular weight excluding hydrogens is 248 g/mol. The maximum absolute atomic E-state index is 10.8. The van der Waals surface area contributed by atoms with E-state index in [0.29, 0.717) is 22.8 Å². The SMILES string of the molecule is Cc1cc2c(cc1-c1[nH]ncc1CC(=O)O)OCO2. The zero-order chi connectivity index (χ0) is 13.4. The average molecular weight is 260 g/mol. The van der Waals surface area contributed by atoms with Crippen molar-refractivity contribution in [3.63, 3.8) is 0 Å². The van der Waals surface area contributed by atoms with E-state index in [2.05, 4.69) is 10.2 Å². The van der Waals surface area contributed by atoms with Gasteiger partial charge in [-0.05, 0) is 24.6 Å². The lowest BCUT2D eigenvalue weighted by Gasteiger charge is -2.07. The standard InChI is InChI=1S/C13H12N2O4/c1-7-2-10-11(19-6-18-10)4-9(7)13-8(3-12(16)17)5-14-15-13/h2,4-5H,3,6H2,1H3,(H,14,15)(H,16,17). The van der Waals surface area contributed by atoms with Crippen LogP contribution in [0.2, 0.25) is 0 Å². The lowest BCUT2D eigenvalue weighted by atomic mass is 10.0. The van der Waals surface area contributed by atoms with Gasteiger partial charge in [-0.2, -0.15) is 5.10 Å². The van der Waals surface area contributed by atoms with Crippen LogP contribution < -0.4 is 9.47 Å². The molecule has 98 valence electrons. The summed E-state index contributed by atoms with van der Waals surface area (Å²) in [6, 6.07) is 3.72. The second kappa shape index (κ2) is 4.31. The van der Waals surface area contributed by atoms with Gasteiger partial charge in [0.1, 0.15) is 0 Å². The summed E-state index contributed by atoms with van der Waals surface area (Å²) in [5.41, 5.74) is 3.20. The van der Waals surface area contributed by atoms with Crippen LogP contribution in [0, 0.1) is 6.92 Å². The number of carbonyl (C=O) groups is 1. The van der Waals surface area contributed by atoms with Crippen molar-refractivity contribution in [2.75, 3.05) is 6.79 Å². The zero-order valence-electron chi connectivity index (χ0n) is 10.3. The number of hydrogen-bond acceptors (Lipinski definition) is 4. The van der Waals surface area contributed by atoms with Crippen molar-refractivity contribution >= 4 is 5.97 Å². The number of nitrogens with one attached hydrogen (secondary N) is 1. The molecule has 0 bridgehead atoms. The Morgan fingerprint density at radius 2 is 2.16 bits per heavy atom. The summed E-state index contributed by atoms with van der Waals surface area (Å²) in [6.45, 7) is 2.14. The Hall–Kier alpha value is -2.50. The number of carboxylic acid groups (broad SMARTS) is 1. The molecule has 2 aromatic rings. The normalized spacial score (nSPS) is 12.7. The number of nitrogens with zero attached hydrogens (tertiary/aromatic N) is 1. The van der Waals surface area contributed by atoms with Crippen LogP contribution in [0.4, 0.5) is 0 Å². The molecule has 19 heavy (non-hydrogen) atoms. The monoisotopic (exact) mass is 260 g/mol. The molecule has 0 saturated carbocycles. The van der Waals surface area contributed by atoms with E-state index in [4.69, 9.17) is 14.6 Å². The minimum Gasteiger partial charge on any atom is -0.481 e. The van der Waals surface area contributed by atoms with E-state index in [1.807, 2.05) is 19.1 Å². The predicted octanol–water partition coefficient (Wildman–Crippen LogP) is 1.74. The molecule has 2 N–H and O–H groups in total. The van der Waals surface area contributed by atoms with Crippen molar-refractivity contribution in [3.8, 4) is 22.8 Å². The molecule has 1 aromatic heterocycles. The second-order valence-electron chi connectivity index (χ2n) is 4.36. The number of fused-ring (bicyclic) bond motifs is 1. The van der Waals surface area contributed by atoms with E-state index in [9.17, 15) is 4.79 Å². The van der Waals surface area contributed by atoms with E-state index in [1.165, 1.54) is 6.20 Å². The smallest absolute Gasteiger partial charge is 0.307 e. The highest BCUT2D eigenvalue weighted by Gasteiger charge is 2.19. The highest BCUT2D eigenvalue weighted by atomic mass is 16.7. The Balaban J connectivity index is 2.07. The summed E-state index contributed by atoms with van der Waals surface area (Å²) < 4.78 is 10.6. The van der Waals surface area contributed by atoms with Gasteiger partial charge in [0.25, 0.3) is 0 Å². The lowest BCUT2D eigenvalue weighted by Crippen LogP contribution is -2.00. The Labute approximate surface area is 109 Å². The van der Waals surface area contributed by atoms with Crippen molar-refractivity contribution in [2.45, 2.75) is 13.3 Å². The van der Waals surface area contributed by atoms with Gasteiger partial charge in [0.2, 0.25) is 6.79 Å². The summed E-state index contributed by atoms with van der Waals surface area (Å²) in [7, 11) is 0. The summed E-state index contributed by atoms with van der Waals surface area (Å²) in [5.74, 6) is 0.484. The summed E-state index contributed by atoms with van der Waals surface area (Å²) in [6.07, 6.45) is 1.47. The first-order valence-corrected chi connectivity index (χ1v) is 5.80. The first-order chi connectivity index (χ1) is 9.15. The predicted molar refractivity (Wildman–Crippen MR) is 66.2 cm³/mol. The minimum absolute atomic E-state index is 0.0697. The largest absolute Gasteiger partial charge is 0.481 e. The summed E-state index contributed by atoms with van der Waals surface area (Å²) >= 11 is 0. The fraction of sp³-hybridized carbons (Fsp3) is 0.231. The van der Waals surface area contributed by atoms with Gasteiger partial charge in [0.15, 0.2) is 11.5 Å². The van der Waals surface area contributed by atoms with Crippen molar-refractivity contribution in [3.05, 3.63) is 29.5 Å². The highest BCUT2D eigenvalue weighted by molar-refractivity contribution is 5.77. The third-order valence-electron chi connectivity index (χ3n) is 3.05. The fourth-order valence-electron chi connectivity index (χ4n) is 2.15. The first kappa shape index (κ1) is 11.6. The van der Waals surface area contributed by atoms with Gasteiger partial charge < -0.3 is 14.6 Å². The number of carboxylic acids is 1. The number of hydrogen-bond donors (Lipinski definition) is 2. The first-order valence-electron chi connectivity index (χ1n) is 5.80. The number of benzene rings is 1. The fourth-order valence-corrected chi connectivity index (χ4v) is 2.15. The molecular formula is C13H12N2O4. The quantitative estimate of drug-likeness (QED) is 0.878. The van der Waals surface area contributed by atoms with Crippen molar-refractivity contribution in [2.24, 2.45) is 0 Å². The van der Waals surface area contributed by atoms with Crippen molar-refractivity contribution < 1.29 is 19.4 Å². The molecule has 1 aliphatic heterocycles. The van der Waals surface area contributed by atoms with Crippen LogP contribution in [0.15, 0.2) is 18.3 Å². The number of aliphatic carboxylic acids is 1. The Morgan fingerprint density at radius 1 is 1.42 bits per heavy atom. The average Bonchev–Trinajstić information content (AvgIpc) is 2.95. The van der Waals surface area contributed by atoms with Crippen LogP contribution in [0.3, 0.4) is 0 Å². The molecule has 0 saturated heterocycles. The molecule has 0 atom stereocenters. The third kappa shape index (κ3) is 2.01. The Kier molecular flexibility index (Phi) is 2.63. The Bertz CT molecular complexity index is 648. The van der Waals surface area contributed by atoms with Crippen LogP contribution >= 0.6 is 0 Å². The molecule has 0 fully saturated rings. The van der Waals surface area contributed by atoms with Crippen LogP contribution in [0.5, 0.6) is 11.5 Å². The zero-order valence-corrected chi connectivity index (χ0v) is 10.3. The summed E-state index contributed by atoms with van der Waals surface area (Å²) in [4.78, 5) is 10.8. The molecule has 0 aliphatic carbocycles. The van der Waals surface area contributed by atoms with Crippen LogP contribution in [0.25, 0.3) is 11.3 Å². The van der Waals surface area contributed by atoms with E-state index < -0.39 is 5.97 Å². The molecule has 0 amide bonds. The molecule has 0 unspecified atom stereocenters. The second-order valence-corrected chi connectivity index (χ2v) is 4.36. The maximum Gasteiger partial charge on any atom is 0.307 e. The molecule has 2 heterocycles. The van der Waals surface area contributed by atoms with Gasteiger partial charge >= 0.3 is 5.97 Å². The number of rotatable bonds is 3. The lowest BCUT2D eigenvalue weighted by molar-refractivity contribution is -0.136. The summed E-state index contributed by atoms with van der Waals surface area (Å²) in [5, 5.41) is 15.7. The van der Waals surface area contributed by atoms with Gasteiger partial charge in [-0.1, -0.05) is 0 Å². The van der Waals surface area contributed by atoms with Crippen molar-refractivity contribution in [1.82, 2.24) is 10.2 Å². The minimum atomic E-state index is -0.888. The molecule has 1 aliphatic rings. The number of aryl methyl sites for hydroxylation is 1. The third-order valence-corrected chi connectivity index (χ3v) is 3.05. The van der Waals surface area contributed by atoms with Gasteiger partial charge in [-0.15, -0.1) is 0 Å². The van der Waals surface area contributed by atoms with Crippen LogP contribution in [-0.2, 0) is 11.2 Å². The van der Waals surface area contributed by atoms with E-state index >= 15 is 0 Å². The van der Waals surface area contributed by atoms with Crippen LogP contribution in [0.1, 0.15) is 11.1 Å².